The van der Waals surface area contributed by atoms with Gasteiger partial charge < -0.3 is 10.1 Å². The normalized spacial score (nSPS) is 22.5. The highest BCUT2D eigenvalue weighted by atomic mass is 35.5. The summed E-state index contributed by atoms with van der Waals surface area (Å²) < 4.78 is 5.44. The van der Waals surface area contributed by atoms with Crippen LogP contribution in [0.4, 0.5) is 5.82 Å². The number of H-pyrrole nitrogens is 1. The molecule has 2 heterocycles. The van der Waals surface area contributed by atoms with Crippen LogP contribution in [0.1, 0.15) is 17.5 Å². The summed E-state index contributed by atoms with van der Waals surface area (Å²) in [5, 5.41) is 12.0. The minimum absolute atomic E-state index is 0.0528. The molecular formula is C24H28Cl2N4OS. The monoisotopic (exact) mass is 490 g/mol. The molecule has 0 bridgehead atoms. The zero-order valence-corrected chi connectivity index (χ0v) is 20.3. The van der Waals surface area contributed by atoms with Gasteiger partial charge in [0.15, 0.2) is 5.82 Å². The first-order valence-corrected chi connectivity index (χ1v) is 13.0. The lowest BCUT2D eigenvalue weighted by atomic mass is 10.00. The average Bonchev–Trinajstić information content (AvgIpc) is 3.37. The largest absolute Gasteiger partial charge is 0.379 e. The van der Waals surface area contributed by atoms with Crippen LogP contribution in [0, 0.1) is 5.92 Å². The van der Waals surface area contributed by atoms with Gasteiger partial charge >= 0.3 is 0 Å². The summed E-state index contributed by atoms with van der Waals surface area (Å²) in [4.78, 5) is 3.88. The van der Waals surface area contributed by atoms with Gasteiger partial charge in [-0.3, -0.25) is 10.00 Å². The van der Waals surface area contributed by atoms with Crippen molar-refractivity contribution in [3.8, 4) is 11.3 Å². The van der Waals surface area contributed by atoms with Gasteiger partial charge in [0.1, 0.15) is 0 Å². The van der Waals surface area contributed by atoms with Crippen molar-refractivity contribution in [1.82, 2.24) is 15.1 Å². The minimum Gasteiger partial charge on any atom is -0.379 e. The van der Waals surface area contributed by atoms with Crippen LogP contribution in [0.25, 0.3) is 11.3 Å². The second-order valence-electron chi connectivity index (χ2n) is 8.41. The molecule has 2 atom stereocenters. The second kappa shape index (κ2) is 10.2. The Balaban J connectivity index is 1.20. The molecule has 170 valence electrons. The van der Waals surface area contributed by atoms with E-state index in [1.807, 2.05) is 30.0 Å². The van der Waals surface area contributed by atoms with Gasteiger partial charge in [-0.2, -0.15) is 5.10 Å². The summed E-state index contributed by atoms with van der Waals surface area (Å²) >= 11 is 14.8. The third-order valence-corrected chi connectivity index (χ3v) is 8.42. The highest BCUT2D eigenvalue weighted by Gasteiger charge is 2.28. The molecule has 2 unspecified atom stereocenters. The Kier molecular flexibility index (Phi) is 7.14. The van der Waals surface area contributed by atoms with Crippen molar-refractivity contribution in [3.05, 3.63) is 52.6 Å². The van der Waals surface area contributed by atoms with Crippen molar-refractivity contribution in [2.45, 2.75) is 23.1 Å². The molecule has 0 amide bonds. The maximum atomic E-state index is 6.45. The number of benzene rings is 1. The number of aromatic amines is 1. The topological polar surface area (TPSA) is 53.2 Å². The summed E-state index contributed by atoms with van der Waals surface area (Å²) in [7, 11) is 0. The lowest BCUT2D eigenvalue weighted by Gasteiger charge is -2.26. The Bertz CT molecular complexity index is 1020. The number of halogens is 2. The maximum absolute atomic E-state index is 6.45. The van der Waals surface area contributed by atoms with Gasteiger partial charge in [-0.05, 0) is 36.4 Å². The first-order valence-electron chi connectivity index (χ1n) is 11.2. The van der Waals surface area contributed by atoms with E-state index in [4.69, 9.17) is 27.9 Å². The van der Waals surface area contributed by atoms with Crippen molar-refractivity contribution in [1.29, 1.82) is 0 Å². The molecule has 2 aliphatic carbocycles. The summed E-state index contributed by atoms with van der Waals surface area (Å²) in [6.45, 7) is 5.67. The SMILES string of the molecule is ClC1=CC=CC(Cl)C1CNc1n[nH]c2c1Cc1c(SCCCN3CCOCC3)cccc1-2. The van der Waals surface area contributed by atoms with Gasteiger partial charge in [-0.25, -0.2) is 0 Å². The molecule has 1 aliphatic heterocycles. The number of alkyl halides is 1. The van der Waals surface area contributed by atoms with E-state index in [2.05, 4.69) is 38.6 Å². The van der Waals surface area contributed by atoms with Crippen LogP contribution >= 0.6 is 35.0 Å². The molecule has 1 aromatic heterocycles. The first kappa shape index (κ1) is 22.4. The molecule has 32 heavy (non-hydrogen) atoms. The lowest BCUT2D eigenvalue weighted by Crippen LogP contribution is -2.36. The minimum atomic E-state index is -0.107. The summed E-state index contributed by atoms with van der Waals surface area (Å²) in [6, 6.07) is 6.60. The first-order chi connectivity index (χ1) is 15.7. The van der Waals surface area contributed by atoms with E-state index < -0.39 is 0 Å². The molecule has 2 N–H and O–H groups in total. The van der Waals surface area contributed by atoms with Crippen LogP contribution in [0.5, 0.6) is 0 Å². The molecular weight excluding hydrogens is 463 g/mol. The molecule has 1 fully saturated rings. The van der Waals surface area contributed by atoms with E-state index >= 15 is 0 Å². The summed E-state index contributed by atoms with van der Waals surface area (Å²) in [5.41, 5.74) is 5.04. The molecule has 1 aromatic carbocycles. The Morgan fingerprint density at radius 1 is 1.25 bits per heavy atom. The van der Waals surface area contributed by atoms with Crippen LogP contribution in [0.15, 0.2) is 46.4 Å². The quantitative estimate of drug-likeness (QED) is 0.260. The Hall–Kier alpha value is -1.44. The number of fused-ring (bicyclic) bond motifs is 3. The number of hydrogen-bond acceptors (Lipinski definition) is 5. The molecule has 0 radical (unpaired) electrons. The molecule has 2 aromatic rings. The second-order valence-corrected chi connectivity index (χ2v) is 10.5. The average molecular weight is 491 g/mol. The van der Waals surface area contributed by atoms with E-state index in [0.717, 1.165) is 61.6 Å². The summed E-state index contributed by atoms with van der Waals surface area (Å²) in [5.74, 6) is 2.09. The van der Waals surface area contributed by atoms with Crippen LogP contribution in [-0.2, 0) is 11.2 Å². The third kappa shape index (κ3) is 4.75. The zero-order chi connectivity index (χ0) is 21.9. The van der Waals surface area contributed by atoms with E-state index in [9.17, 15) is 0 Å². The number of nitrogens with zero attached hydrogens (tertiary/aromatic N) is 2. The number of morpholine rings is 1. The molecule has 3 aliphatic rings. The van der Waals surface area contributed by atoms with Crippen molar-refractivity contribution in [2.75, 3.05) is 50.5 Å². The zero-order valence-electron chi connectivity index (χ0n) is 17.9. The van der Waals surface area contributed by atoms with Gasteiger partial charge in [0.25, 0.3) is 0 Å². The molecule has 1 saturated heterocycles. The maximum Gasteiger partial charge on any atom is 0.152 e. The molecule has 0 saturated carbocycles. The lowest BCUT2D eigenvalue weighted by molar-refractivity contribution is 0.0381. The van der Waals surface area contributed by atoms with E-state index in [-0.39, 0.29) is 11.3 Å². The number of ether oxygens (including phenoxy) is 1. The highest BCUT2D eigenvalue weighted by molar-refractivity contribution is 7.99. The van der Waals surface area contributed by atoms with Gasteiger partial charge in [0.05, 0.1) is 24.3 Å². The van der Waals surface area contributed by atoms with Crippen molar-refractivity contribution in [2.24, 2.45) is 5.92 Å². The van der Waals surface area contributed by atoms with Gasteiger partial charge in [-0.15, -0.1) is 23.4 Å². The Labute approximate surface area is 203 Å². The van der Waals surface area contributed by atoms with E-state index in [1.165, 1.54) is 28.0 Å². The van der Waals surface area contributed by atoms with Crippen molar-refractivity contribution >= 4 is 40.8 Å². The molecule has 0 spiro atoms. The van der Waals surface area contributed by atoms with Crippen molar-refractivity contribution < 1.29 is 4.74 Å². The standard InChI is InChI=1S/C24H28Cl2N4OS/c25-20-5-2-6-21(26)19(20)15-27-24-18-14-17-16(23(18)28-29-24)4-1-7-22(17)32-13-3-8-30-9-11-31-12-10-30/h1-2,4-7,19-20H,3,8-15H2,(H2,27,28,29). The van der Waals surface area contributed by atoms with E-state index in [1.54, 1.807) is 0 Å². The number of thioether (sulfide) groups is 1. The highest BCUT2D eigenvalue weighted by Crippen LogP contribution is 2.43. The molecule has 5 nitrogen and oxygen atoms in total. The third-order valence-electron chi connectivity index (χ3n) is 6.38. The number of rotatable bonds is 8. The molecule has 8 heteroatoms. The van der Waals surface area contributed by atoms with Gasteiger partial charge in [0.2, 0.25) is 0 Å². The van der Waals surface area contributed by atoms with Gasteiger partial charge in [-0.1, -0.05) is 35.9 Å². The van der Waals surface area contributed by atoms with Crippen LogP contribution < -0.4 is 5.32 Å². The smallest absolute Gasteiger partial charge is 0.152 e. The van der Waals surface area contributed by atoms with Crippen LogP contribution in [0.3, 0.4) is 0 Å². The number of aromatic nitrogens is 2. The van der Waals surface area contributed by atoms with Crippen molar-refractivity contribution in [3.63, 3.8) is 0 Å². The fraction of sp³-hybridized carbons (Fsp3) is 0.458. The van der Waals surface area contributed by atoms with Crippen LogP contribution in [0.2, 0.25) is 0 Å². The Morgan fingerprint density at radius 3 is 2.97 bits per heavy atom. The molecule has 5 rings (SSSR count). The fourth-order valence-electron chi connectivity index (χ4n) is 4.58. The summed E-state index contributed by atoms with van der Waals surface area (Å²) in [6.07, 6.45) is 7.90. The predicted octanol–water partition coefficient (Wildman–Crippen LogP) is 5.12. The number of allylic oxidation sites excluding steroid dienone is 3. The number of hydrogen-bond donors (Lipinski definition) is 2. The predicted molar refractivity (Wildman–Crippen MR) is 134 cm³/mol. The fourth-order valence-corrected chi connectivity index (χ4v) is 6.26. The van der Waals surface area contributed by atoms with Gasteiger partial charge in [0, 0.05) is 53.0 Å². The van der Waals surface area contributed by atoms with Crippen LogP contribution in [-0.4, -0.2) is 65.6 Å². The van der Waals surface area contributed by atoms with E-state index in [0.29, 0.717) is 6.54 Å². The Morgan fingerprint density at radius 2 is 2.12 bits per heavy atom. The number of anilines is 1. The number of nitrogens with one attached hydrogen (secondary N) is 2.